The molecule has 0 aliphatic carbocycles. The van der Waals surface area contributed by atoms with E-state index in [-0.39, 0.29) is 28.2 Å². The van der Waals surface area contributed by atoms with Crippen molar-refractivity contribution in [1.29, 1.82) is 5.41 Å². The summed E-state index contributed by atoms with van der Waals surface area (Å²) in [5, 5.41) is 21.4. The molecular weight excluding hydrogens is 425 g/mol. The van der Waals surface area contributed by atoms with Gasteiger partial charge in [-0.3, -0.25) is 20.3 Å². The number of aliphatic imine (C=N–C) groups is 1. The van der Waals surface area contributed by atoms with E-state index in [1.807, 2.05) is 0 Å². The summed E-state index contributed by atoms with van der Waals surface area (Å²) in [5.74, 6) is -1.40. The Morgan fingerprint density at radius 1 is 1.20 bits per heavy atom. The van der Waals surface area contributed by atoms with Gasteiger partial charge in [-0.25, -0.2) is 0 Å². The average molecular weight is 434 g/mol. The Bertz CT molecular complexity index is 1180. The fraction of sp³-hybridized carbons (Fsp3) is 0.0588. The molecule has 9 nitrogen and oxygen atoms in total. The summed E-state index contributed by atoms with van der Waals surface area (Å²) >= 11 is 0.174. The molecular formula is C17H9F3N6O3S. The zero-order chi connectivity index (χ0) is 21.6. The predicted octanol–water partition coefficient (Wildman–Crippen LogP) is 3.57. The molecule has 0 bridgehead atoms. The van der Waals surface area contributed by atoms with Gasteiger partial charge in [-0.15, -0.1) is 0 Å². The number of halogens is 3. The summed E-state index contributed by atoms with van der Waals surface area (Å²) in [6.07, 6.45) is -1.79. The topological polar surface area (TPSA) is 117 Å². The maximum atomic E-state index is 12.9. The molecule has 0 saturated heterocycles. The van der Waals surface area contributed by atoms with Gasteiger partial charge in [-0.1, -0.05) is 0 Å². The first-order valence-corrected chi connectivity index (χ1v) is 8.96. The number of nitro groups is 1. The van der Waals surface area contributed by atoms with Gasteiger partial charge in [0, 0.05) is 29.7 Å². The Hall–Kier alpha value is -3.74. The van der Waals surface area contributed by atoms with Crippen molar-refractivity contribution in [2.75, 3.05) is 0 Å². The molecule has 0 spiro atoms. The third-order valence-corrected chi connectivity index (χ3v) is 5.06. The summed E-state index contributed by atoms with van der Waals surface area (Å²) in [7, 11) is 0. The molecule has 0 radical (unpaired) electrons. The normalized spacial score (nSPS) is 17.8. The Kier molecular flexibility index (Phi) is 4.53. The molecule has 2 aromatic rings. The summed E-state index contributed by atoms with van der Waals surface area (Å²) in [6, 6.07) is 8.88. The van der Waals surface area contributed by atoms with Crippen molar-refractivity contribution in [3.8, 4) is 5.69 Å². The van der Waals surface area contributed by atoms with Crippen molar-refractivity contribution in [1.82, 2.24) is 9.58 Å². The van der Waals surface area contributed by atoms with Crippen LogP contribution in [0.25, 0.3) is 11.8 Å². The van der Waals surface area contributed by atoms with Crippen LogP contribution in [0.3, 0.4) is 0 Å². The number of hydrazone groups is 1. The number of nitrogens with zero attached hydrogens (tertiary/aromatic N) is 5. The Morgan fingerprint density at radius 2 is 1.90 bits per heavy atom. The second kappa shape index (κ2) is 6.95. The Labute approximate surface area is 169 Å². The molecule has 13 heteroatoms. The standard InChI is InChI=1S/C17H9F3N6O3S/c18-17(19,20)15-23-25-13(21)12(14(27)22-16(25)30-15)8-11-2-1-7-24(11)9-3-5-10(6-4-9)26(28)29/h1-8,21H/b12-8-,21-13?. The van der Waals surface area contributed by atoms with Crippen molar-refractivity contribution < 1.29 is 22.9 Å². The number of carbonyl (C=O) groups excluding carboxylic acids is 1. The molecule has 1 aromatic carbocycles. The van der Waals surface area contributed by atoms with Crippen LogP contribution >= 0.6 is 11.8 Å². The number of nitrogens with one attached hydrogen (secondary N) is 1. The van der Waals surface area contributed by atoms with Crippen LogP contribution in [-0.2, 0) is 4.79 Å². The van der Waals surface area contributed by atoms with Crippen molar-refractivity contribution in [3.63, 3.8) is 0 Å². The quantitative estimate of drug-likeness (QED) is 0.450. The molecule has 2 aliphatic heterocycles. The Morgan fingerprint density at radius 3 is 2.53 bits per heavy atom. The first-order chi connectivity index (χ1) is 14.1. The van der Waals surface area contributed by atoms with E-state index in [0.717, 1.165) is 0 Å². The lowest BCUT2D eigenvalue weighted by molar-refractivity contribution is -0.384. The largest absolute Gasteiger partial charge is 0.441 e. The van der Waals surface area contributed by atoms with Crippen LogP contribution in [0.5, 0.6) is 0 Å². The van der Waals surface area contributed by atoms with Crippen LogP contribution in [-0.4, -0.2) is 42.6 Å². The third kappa shape index (κ3) is 3.39. The predicted molar refractivity (Wildman–Crippen MR) is 103 cm³/mol. The SMILES string of the molecule is N=C1/C(=C/c2cccn2-c2ccc([N+](=O)[O-])cc2)C(=O)N=C2SC(C(F)(F)F)=NN12. The highest BCUT2D eigenvalue weighted by Crippen LogP contribution is 2.35. The number of aromatic nitrogens is 1. The molecule has 0 saturated carbocycles. The number of benzene rings is 1. The minimum Gasteiger partial charge on any atom is -0.317 e. The molecule has 2 aliphatic rings. The highest BCUT2D eigenvalue weighted by Gasteiger charge is 2.46. The smallest absolute Gasteiger partial charge is 0.317 e. The van der Waals surface area contributed by atoms with Crippen LogP contribution in [0.1, 0.15) is 5.69 Å². The van der Waals surface area contributed by atoms with E-state index in [1.165, 1.54) is 30.3 Å². The van der Waals surface area contributed by atoms with E-state index in [1.54, 1.807) is 22.9 Å². The molecule has 152 valence electrons. The molecule has 0 unspecified atom stereocenters. The number of alkyl halides is 3. The van der Waals surface area contributed by atoms with E-state index in [2.05, 4.69) is 10.1 Å². The van der Waals surface area contributed by atoms with Gasteiger partial charge in [0.05, 0.1) is 10.5 Å². The van der Waals surface area contributed by atoms with E-state index in [9.17, 15) is 28.1 Å². The maximum Gasteiger partial charge on any atom is 0.441 e. The van der Waals surface area contributed by atoms with E-state index in [4.69, 9.17) is 5.41 Å². The average Bonchev–Trinajstić information content (AvgIpc) is 3.32. The van der Waals surface area contributed by atoms with Gasteiger partial charge in [-0.2, -0.15) is 28.3 Å². The zero-order valence-corrected chi connectivity index (χ0v) is 15.4. The van der Waals surface area contributed by atoms with E-state index < -0.39 is 27.9 Å². The van der Waals surface area contributed by atoms with Crippen LogP contribution in [0.2, 0.25) is 0 Å². The van der Waals surface area contributed by atoms with Crippen LogP contribution in [0.15, 0.2) is 58.3 Å². The minimum atomic E-state index is -4.72. The number of amides is 1. The van der Waals surface area contributed by atoms with Gasteiger partial charge in [0.1, 0.15) is 0 Å². The second-order valence-corrected chi connectivity index (χ2v) is 6.96. The minimum absolute atomic E-state index is 0.0956. The van der Waals surface area contributed by atoms with Gasteiger partial charge >= 0.3 is 6.18 Å². The summed E-state index contributed by atoms with van der Waals surface area (Å²) in [4.78, 5) is 26.2. The fourth-order valence-corrected chi connectivity index (χ4v) is 3.49. The van der Waals surface area contributed by atoms with Crippen LogP contribution in [0.4, 0.5) is 18.9 Å². The molecule has 1 N–H and O–H groups in total. The summed E-state index contributed by atoms with van der Waals surface area (Å²) in [6.45, 7) is 0. The zero-order valence-electron chi connectivity index (χ0n) is 14.6. The third-order valence-electron chi connectivity index (χ3n) is 4.11. The molecule has 0 fully saturated rings. The second-order valence-electron chi connectivity index (χ2n) is 6.00. The van der Waals surface area contributed by atoms with Crippen molar-refractivity contribution >= 4 is 45.5 Å². The molecule has 1 amide bonds. The molecule has 30 heavy (non-hydrogen) atoms. The first-order valence-electron chi connectivity index (χ1n) is 8.15. The number of non-ortho nitro benzene ring substituents is 1. The lowest BCUT2D eigenvalue weighted by atomic mass is 10.1. The highest BCUT2D eigenvalue weighted by molar-refractivity contribution is 8.27. The van der Waals surface area contributed by atoms with Crippen molar-refractivity contribution in [2.45, 2.75) is 6.18 Å². The van der Waals surface area contributed by atoms with E-state index in [0.29, 0.717) is 16.4 Å². The molecule has 3 heterocycles. The first kappa shape index (κ1) is 19.6. The number of amidine groups is 2. The van der Waals surface area contributed by atoms with E-state index >= 15 is 0 Å². The highest BCUT2D eigenvalue weighted by atomic mass is 32.2. The van der Waals surface area contributed by atoms with Gasteiger partial charge in [0.2, 0.25) is 10.2 Å². The fourth-order valence-electron chi connectivity index (χ4n) is 2.74. The summed E-state index contributed by atoms with van der Waals surface area (Å²) < 4.78 is 40.3. The number of hydrogen-bond donors (Lipinski definition) is 1. The number of hydrogen-bond acceptors (Lipinski definition) is 6. The lowest BCUT2D eigenvalue weighted by Crippen LogP contribution is -2.35. The monoisotopic (exact) mass is 434 g/mol. The molecule has 0 atom stereocenters. The van der Waals surface area contributed by atoms with Gasteiger partial charge in [0.15, 0.2) is 5.84 Å². The number of nitro benzene ring substituents is 1. The number of fused-ring (bicyclic) bond motifs is 1. The maximum absolute atomic E-state index is 12.9. The van der Waals surface area contributed by atoms with Gasteiger partial charge in [-0.05, 0) is 42.1 Å². The number of rotatable bonds is 3. The van der Waals surface area contributed by atoms with Crippen molar-refractivity contribution in [3.05, 3.63) is 64.0 Å². The van der Waals surface area contributed by atoms with Gasteiger partial charge in [0.25, 0.3) is 11.6 Å². The number of carbonyl (C=O) groups is 1. The van der Waals surface area contributed by atoms with Crippen LogP contribution < -0.4 is 0 Å². The summed E-state index contributed by atoms with van der Waals surface area (Å²) in [5.41, 5.74) is 0.628. The van der Waals surface area contributed by atoms with Gasteiger partial charge < -0.3 is 4.57 Å². The van der Waals surface area contributed by atoms with Crippen LogP contribution in [0, 0.1) is 15.5 Å². The van der Waals surface area contributed by atoms with Crippen molar-refractivity contribution in [2.24, 2.45) is 10.1 Å². The lowest BCUT2D eigenvalue weighted by Gasteiger charge is -2.20. The number of thioether (sulfide) groups is 1. The molecule has 4 rings (SSSR count). The Balaban J connectivity index is 1.69. The molecule has 1 aromatic heterocycles.